The van der Waals surface area contributed by atoms with Crippen LogP contribution in [0.4, 0.5) is 0 Å². The number of esters is 2. The standard InChI is InChI=1S/C33H43Cl2NO8/c1-5-14-42-31(40)16-22(38)15-21(37)10-11-23-20(4)29(39)17-24-28(36-43-18-25-26(34)8-7-9-27(25)35)12-13-30(32(23)24)44-33(41)19(3)6-2/h5,7-9,17,19-23,30,32,37-38H,1,6,10-16,18H2,2-4H3/b36-28-. The third-order valence-electron chi connectivity index (χ3n) is 8.48. The van der Waals surface area contributed by atoms with Crippen LogP contribution in [0.15, 0.2) is 47.7 Å². The number of fused-ring (bicyclic) bond motifs is 1. The van der Waals surface area contributed by atoms with E-state index >= 15 is 0 Å². The van der Waals surface area contributed by atoms with E-state index in [9.17, 15) is 24.6 Å². The second kappa shape index (κ2) is 17.1. The molecule has 0 saturated heterocycles. The van der Waals surface area contributed by atoms with E-state index in [0.29, 0.717) is 52.6 Å². The van der Waals surface area contributed by atoms with Gasteiger partial charge in [-0.1, -0.05) is 67.9 Å². The molecular formula is C33H43Cl2NO8. The second-order valence-corrected chi connectivity index (χ2v) is 12.4. The molecule has 3 rings (SSSR count). The summed E-state index contributed by atoms with van der Waals surface area (Å²) in [6.07, 6.45) is 2.51. The van der Waals surface area contributed by atoms with Crippen LogP contribution in [0.5, 0.6) is 0 Å². The van der Waals surface area contributed by atoms with Crippen LogP contribution in [0.25, 0.3) is 0 Å². The van der Waals surface area contributed by atoms with E-state index in [4.69, 9.17) is 37.5 Å². The molecule has 0 aliphatic heterocycles. The third-order valence-corrected chi connectivity index (χ3v) is 9.19. The van der Waals surface area contributed by atoms with Gasteiger partial charge in [0.15, 0.2) is 5.78 Å². The van der Waals surface area contributed by atoms with Crippen LogP contribution >= 0.6 is 23.2 Å². The lowest BCUT2D eigenvalue weighted by Crippen LogP contribution is -2.46. The highest BCUT2D eigenvalue weighted by Crippen LogP contribution is 2.45. The average molecular weight is 653 g/mol. The quantitative estimate of drug-likeness (QED) is 0.134. The molecule has 0 radical (unpaired) electrons. The van der Waals surface area contributed by atoms with Crippen molar-refractivity contribution >= 4 is 46.6 Å². The fraction of sp³-hybridized carbons (Fsp3) is 0.576. The molecule has 44 heavy (non-hydrogen) atoms. The van der Waals surface area contributed by atoms with Crippen LogP contribution < -0.4 is 0 Å². The zero-order valence-corrected chi connectivity index (χ0v) is 27.1. The molecule has 0 bridgehead atoms. The van der Waals surface area contributed by atoms with Gasteiger partial charge in [0.1, 0.15) is 19.3 Å². The highest BCUT2D eigenvalue weighted by Gasteiger charge is 2.46. The number of aliphatic hydroxyl groups is 2. The van der Waals surface area contributed by atoms with Gasteiger partial charge in [0.25, 0.3) is 0 Å². The molecule has 7 atom stereocenters. The molecule has 1 aromatic rings. The smallest absolute Gasteiger partial charge is 0.308 e. The maximum atomic E-state index is 13.2. The Morgan fingerprint density at radius 3 is 2.57 bits per heavy atom. The molecule has 0 heterocycles. The van der Waals surface area contributed by atoms with Crippen molar-refractivity contribution in [3.05, 3.63) is 58.1 Å². The van der Waals surface area contributed by atoms with Gasteiger partial charge in [0.2, 0.25) is 0 Å². The lowest BCUT2D eigenvalue weighted by atomic mass is 9.63. The predicted octanol–water partition coefficient (Wildman–Crippen LogP) is 6.01. The minimum absolute atomic E-state index is 0.0246. The van der Waals surface area contributed by atoms with Crippen LogP contribution in [-0.2, 0) is 35.3 Å². The summed E-state index contributed by atoms with van der Waals surface area (Å²) in [5.74, 6) is -2.25. The SMILES string of the molecule is C=CCOC(=O)CC(O)CC(O)CCC1C(C)C(=O)C=C2/C(=N\OCc3c(Cl)cccc3Cl)CCC(OC(=O)C(C)CC)C21. The molecule has 0 aromatic heterocycles. The molecule has 9 nitrogen and oxygen atoms in total. The molecule has 1 fully saturated rings. The van der Waals surface area contributed by atoms with E-state index in [1.54, 1.807) is 24.3 Å². The topological polar surface area (TPSA) is 132 Å². The van der Waals surface area contributed by atoms with Crippen LogP contribution in [0, 0.1) is 23.7 Å². The maximum absolute atomic E-state index is 13.2. The summed E-state index contributed by atoms with van der Waals surface area (Å²) in [4.78, 5) is 43.6. The number of carbonyl (C=O) groups excluding carboxylic acids is 3. The van der Waals surface area contributed by atoms with Crippen molar-refractivity contribution < 1.29 is 38.9 Å². The largest absolute Gasteiger partial charge is 0.461 e. The van der Waals surface area contributed by atoms with Gasteiger partial charge in [-0.2, -0.15) is 0 Å². The van der Waals surface area contributed by atoms with E-state index in [1.807, 2.05) is 20.8 Å². The molecule has 7 unspecified atom stereocenters. The Hall–Kier alpha value is -2.72. The minimum atomic E-state index is -1.08. The first-order chi connectivity index (χ1) is 21.0. The van der Waals surface area contributed by atoms with Crippen molar-refractivity contribution in [1.82, 2.24) is 0 Å². The summed E-state index contributed by atoms with van der Waals surface area (Å²) in [6.45, 7) is 9.15. The van der Waals surface area contributed by atoms with Gasteiger partial charge in [-0.15, -0.1) is 0 Å². The molecule has 1 saturated carbocycles. The van der Waals surface area contributed by atoms with Crippen molar-refractivity contribution in [1.29, 1.82) is 0 Å². The van der Waals surface area contributed by atoms with Crippen molar-refractivity contribution in [2.24, 2.45) is 28.8 Å². The van der Waals surface area contributed by atoms with Crippen LogP contribution in [0.3, 0.4) is 0 Å². The number of aliphatic hydroxyl groups excluding tert-OH is 2. The first-order valence-electron chi connectivity index (χ1n) is 15.2. The number of rotatable bonds is 15. The Kier molecular flexibility index (Phi) is 13.9. The Labute approximate surface area is 269 Å². The fourth-order valence-corrected chi connectivity index (χ4v) is 6.24. The number of ether oxygens (including phenoxy) is 2. The Balaban J connectivity index is 1.79. The summed E-state index contributed by atoms with van der Waals surface area (Å²) in [6, 6.07) is 5.16. The van der Waals surface area contributed by atoms with Gasteiger partial charge < -0.3 is 24.5 Å². The van der Waals surface area contributed by atoms with E-state index in [2.05, 4.69) is 11.7 Å². The van der Waals surface area contributed by atoms with E-state index in [0.717, 1.165) is 0 Å². The van der Waals surface area contributed by atoms with Crippen molar-refractivity contribution in [2.45, 2.75) is 90.6 Å². The maximum Gasteiger partial charge on any atom is 0.308 e. The van der Waals surface area contributed by atoms with Gasteiger partial charge >= 0.3 is 11.9 Å². The number of allylic oxidation sites excluding steroid dienone is 1. The van der Waals surface area contributed by atoms with Gasteiger partial charge in [-0.3, -0.25) is 14.4 Å². The Morgan fingerprint density at radius 2 is 1.91 bits per heavy atom. The molecular weight excluding hydrogens is 609 g/mol. The van der Waals surface area contributed by atoms with Crippen molar-refractivity contribution in [3.8, 4) is 0 Å². The summed E-state index contributed by atoms with van der Waals surface area (Å²) >= 11 is 12.6. The van der Waals surface area contributed by atoms with Gasteiger partial charge in [0.05, 0.1) is 30.3 Å². The number of nitrogens with zero attached hydrogens (tertiary/aromatic N) is 1. The van der Waals surface area contributed by atoms with Crippen LogP contribution in [0.1, 0.15) is 71.3 Å². The van der Waals surface area contributed by atoms with Gasteiger partial charge in [-0.05, 0) is 68.2 Å². The second-order valence-electron chi connectivity index (χ2n) is 11.6. The summed E-state index contributed by atoms with van der Waals surface area (Å²) < 4.78 is 11.0. The highest BCUT2D eigenvalue weighted by molar-refractivity contribution is 6.35. The molecule has 242 valence electrons. The third kappa shape index (κ3) is 9.64. The molecule has 0 amide bonds. The monoisotopic (exact) mass is 651 g/mol. The molecule has 2 aliphatic carbocycles. The zero-order valence-electron chi connectivity index (χ0n) is 25.5. The molecule has 2 aliphatic rings. The van der Waals surface area contributed by atoms with Crippen molar-refractivity contribution in [2.75, 3.05) is 6.61 Å². The lowest BCUT2D eigenvalue weighted by molar-refractivity contribution is -0.158. The molecule has 0 spiro atoms. The predicted molar refractivity (Wildman–Crippen MR) is 168 cm³/mol. The Bertz CT molecular complexity index is 1230. The van der Waals surface area contributed by atoms with E-state index in [-0.39, 0.29) is 62.0 Å². The van der Waals surface area contributed by atoms with E-state index < -0.39 is 30.2 Å². The molecule has 1 aromatic carbocycles. The highest BCUT2D eigenvalue weighted by atomic mass is 35.5. The summed E-state index contributed by atoms with van der Waals surface area (Å²) in [5, 5.41) is 26.4. The summed E-state index contributed by atoms with van der Waals surface area (Å²) in [5.41, 5.74) is 1.85. The van der Waals surface area contributed by atoms with Gasteiger partial charge in [0, 0.05) is 27.4 Å². The first kappa shape index (κ1) is 35.8. The van der Waals surface area contributed by atoms with Crippen molar-refractivity contribution in [3.63, 3.8) is 0 Å². The lowest BCUT2D eigenvalue weighted by Gasteiger charge is -2.43. The number of hydrogen-bond acceptors (Lipinski definition) is 9. The summed E-state index contributed by atoms with van der Waals surface area (Å²) in [7, 11) is 0. The normalized spacial score (nSPS) is 24.5. The first-order valence-corrected chi connectivity index (χ1v) is 15.9. The van der Waals surface area contributed by atoms with Gasteiger partial charge in [-0.25, -0.2) is 0 Å². The zero-order chi connectivity index (χ0) is 32.4. The molecule has 2 N–H and O–H groups in total. The number of carbonyl (C=O) groups is 3. The number of halogens is 2. The number of oxime groups is 1. The Morgan fingerprint density at radius 1 is 1.20 bits per heavy atom. The van der Waals surface area contributed by atoms with Crippen LogP contribution in [0.2, 0.25) is 10.0 Å². The van der Waals surface area contributed by atoms with Crippen LogP contribution in [-0.4, -0.2) is 58.6 Å². The number of ketones is 1. The number of benzene rings is 1. The average Bonchev–Trinajstić information content (AvgIpc) is 2.98. The van der Waals surface area contributed by atoms with E-state index in [1.165, 1.54) is 6.08 Å². The molecule has 11 heteroatoms. The number of hydrogen-bond donors (Lipinski definition) is 2. The fourth-order valence-electron chi connectivity index (χ4n) is 5.73. The minimum Gasteiger partial charge on any atom is -0.461 e.